The van der Waals surface area contributed by atoms with Gasteiger partial charge in [0, 0.05) is 0 Å². The first-order valence-corrected chi connectivity index (χ1v) is 20.2. The topological polar surface area (TPSA) is 184 Å². The summed E-state index contributed by atoms with van der Waals surface area (Å²) in [7, 11) is 0. The Balaban J connectivity index is 5.22. The summed E-state index contributed by atoms with van der Waals surface area (Å²) < 4.78 is 20.5. The molecule has 0 amide bonds. The monoisotopic (exact) mass is 626 g/mol. The van der Waals surface area contributed by atoms with Crippen LogP contribution in [0.15, 0.2) is 0 Å². The third-order valence-electron chi connectivity index (χ3n) is 6.48. The minimum absolute atomic E-state index is 0.0548. The average Bonchev–Trinajstić information content (AvgIpc) is 2.87. The molecule has 12 N–H and O–H groups in total. The van der Waals surface area contributed by atoms with Gasteiger partial charge in [0.25, 0.3) is 0 Å². The average molecular weight is 626 g/mol. The molecule has 36 heavy (non-hydrogen) atoms. The fourth-order valence-corrected chi connectivity index (χ4v) is 12.0. The number of rotatable bonds is 28. The SMILES string of the molecule is CCCCCCC[CH2][Sn]([O]C[C@@H](N)CCCCN)([O]C[C@@H](N)CCCCN)[O]C[C@@H](N)CCCCN. The van der Waals surface area contributed by atoms with Gasteiger partial charge in [-0.05, 0) is 0 Å². The summed E-state index contributed by atoms with van der Waals surface area (Å²) in [5.74, 6) is 0. The first-order valence-electron chi connectivity index (χ1n) is 14.7. The predicted octanol–water partition coefficient (Wildman–Crippen LogP) is 2.70. The van der Waals surface area contributed by atoms with Gasteiger partial charge in [0.2, 0.25) is 0 Å². The van der Waals surface area contributed by atoms with E-state index in [1.807, 2.05) is 0 Å². The van der Waals surface area contributed by atoms with Gasteiger partial charge in [0.15, 0.2) is 0 Å². The maximum absolute atomic E-state index is 6.56. The predicted molar refractivity (Wildman–Crippen MR) is 154 cm³/mol. The summed E-state index contributed by atoms with van der Waals surface area (Å²) in [5, 5.41) is 0. The van der Waals surface area contributed by atoms with Crippen molar-refractivity contribution in [2.45, 2.75) is 126 Å². The molecule has 0 aromatic rings. The van der Waals surface area contributed by atoms with Crippen molar-refractivity contribution in [2.75, 3.05) is 39.5 Å². The van der Waals surface area contributed by atoms with Crippen molar-refractivity contribution in [3.63, 3.8) is 0 Å². The van der Waals surface area contributed by atoms with Crippen molar-refractivity contribution < 1.29 is 9.22 Å². The zero-order chi connectivity index (χ0) is 26.9. The van der Waals surface area contributed by atoms with E-state index < -0.39 is 19.6 Å². The number of unbranched alkanes of at least 4 members (excludes halogenated alkanes) is 8. The Bertz CT molecular complexity index is 417. The van der Waals surface area contributed by atoms with Gasteiger partial charge < -0.3 is 0 Å². The van der Waals surface area contributed by atoms with Gasteiger partial charge in [-0.3, -0.25) is 0 Å². The molecule has 3 atom stereocenters. The van der Waals surface area contributed by atoms with E-state index in [9.17, 15) is 0 Å². The van der Waals surface area contributed by atoms with Crippen LogP contribution in [0.2, 0.25) is 4.44 Å². The van der Waals surface area contributed by atoms with Gasteiger partial charge in [-0.2, -0.15) is 0 Å². The molecule has 0 spiro atoms. The molecular weight excluding hydrogens is 563 g/mol. The van der Waals surface area contributed by atoms with E-state index in [2.05, 4.69) is 6.92 Å². The molecule has 0 fully saturated rings. The summed E-state index contributed by atoms with van der Waals surface area (Å²) in [6.45, 7) is 5.63. The molecule has 10 heteroatoms. The zero-order valence-corrected chi connectivity index (χ0v) is 26.3. The van der Waals surface area contributed by atoms with Crippen molar-refractivity contribution in [1.29, 1.82) is 0 Å². The van der Waals surface area contributed by atoms with E-state index in [0.29, 0.717) is 39.5 Å². The van der Waals surface area contributed by atoms with Crippen molar-refractivity contribution in [3.05, 3.63) is 0 Å². The van der Waals surface area contributed by atoms with Crippen LogP contribution in [-0.4, -0.2) is 77.2 Å². The van der Waals surface area contributed by atoms with Crippen LogP contribution in [0, 0.1) is 0 Å². The van der Waals surface area contributed by atoms with Crippen LogP contribution in [0.25, 0.3) is 0 Å². The first kappa shape index (κ1) is 36.4. The molecule has 0 heterocycles. The van der Waals surface area contributed by atoms with Crippen LogP contribution in [-0.2, 0) is 9.22 Å². The summed E-state index contributed by atoms with van der Waals surface area (Å²) >= 11 is -3.94. The number of hydrogen-bond donors (Lipinski definition) is 6. The quantitative estimate of drug-likeness (QED) is 0.0562. The van der Waals surface area contributed by atoms with E-state index in [1.54, 1.807) is 0 Å². The molecule has 0 unspecified atom stereocenters. The third-order valence-corrected chi connectivity index (χ3v) is 14.4. The van der Waals surface area contributed by atoms with Crippen LogP contribution in [0.3, 0.4) is 0 Å². The minimum atomic E-state index is -3.94. The normalized spacial score (nSPS) is 14.8. The van der Waals surface area contributed by atoms with Gasteiger partial charge in [-0.15, -0.1) is 0 Å². The Morgan fingerprint density at radius 1 is 0.500 bits per heavy atom. The van der Waals surface area contributed by atoms with Gasteiger partial charge >= 0.3 is 228 Å². The summed E-state index contributed by atoms with van der Waals surface area (Å²) in [6.07, 6.45) is 15.8. The van der Waals surface area contributed by atoms with Crippen molar-refractivity contribution in [3.8, 4) is 0 Å². The fourth-order valence-electron chi connectivity index (χ4n) is 4.07. The molecule has 0 aliphatic heterocycles. The van der Waals surface area contributed by atoms with Crippen LogP contribution >= 0.6 is 0 Å². The van der Waals surface area contributed by atoms with Crippen LogP contribution < -0.4 is 34.4 Å². The molecule has 0 saturated heterocycles. The van der Waals surface area contributed by atoms with Crippen LogP contribution in [0.5, 0.6) is 0 Å². The molecule has 218 valence electrons. The molecule has 0 aromatic carbocycles. The summed E-state index contributed by atoms with van der Waals surface area (Å²) in [4.78, 5) is 0. The molecular formula is C26H62N6O3Sn. The molecule has 0 aliphatic carbocycles. The molecule has 0 bridgehead atoms. The Morgan fingerprint density at radius 3 is 1.22 bits per heavy atom. The second kappa shape index (κ2) is 25.7. The van der Waals surface area contributed by atoms with Crippen molar-refractivity contribution >= 4 is 19.6 Å². The molecule has 0 saturated carbocycles. The second-order valence-corrected chi connectivity index (χ2v) is 18.1. The summed E-state index contributed by atoms with van der Waals surface area (Å²) in [5.41, 5.74) is 36.1. The number of hydrogen-bond acceptors (Lipinski definition) is 9. The van der Waals surface area contributed by atoms with Gasteiger partial charge in [-0.25, -0.2) is 0 Å². The van der Waals surface area contributed by atoms with E-state index in [-0.39, 0.29) is 18.1 Å². The van der Waals surface area contributed by atoms with E-state index in [4.69, 9.17) is 43.6 Å². The molecule has 0 radical (unpaired) electrons. The molecule has 9 nitrogen and oxygen atoms in total. The Morgan fingerprint density at radius 2 is 0.861 bits per heavy atom. The first-order chi connectivity index (χ1) is 17.4. The number of nitrogens with two attached hydrogens (primary N) is 6. The third kappa shape index (κ3) is 21.4. The zero-order valence-electron chi connectivity index (χ0n) is 23.5. The van der Waals surface area contributed by atoms with Crippen molar-refractivity contribution in [2.24, 2.45) is 34.4 Å². The van der Waals surface area contributed by atoms with E-state index in [0.717, 1.165) is 75.1 Å². The summed E-state index contributed by atoms with van der Waals surface area (Å²) in [6, 6.07) is -0.164. The van der Waals surface area contributed by atoms with Gasteiger partial charge in [0.1, 0.15) is 0 Å². The van der Waals surface area contributed by atoms with Crippen LogP contribution in [0.1, 0.15) is 103 Å². The standard InChI is InChI=1S/C8H17.3C6H15N2O.Sn/c1-3-5-7-8-6-4-2;3*7-4-2-1-3-6(8)5-9;/h1,3-8H2,2H3;3*6H,1-5,7-8H2;/q;3*-1;+3/t;3*6-;/m.000./s1. The second-order valence-electron chi connectivity index (χ2n) is 10.3. The van der Waals surface area contributed by atoms with E-state index >= 15 is 0 Å². The fraction of sp³-hybridized carbons (Fsp3) is 1.00. The molecule has 0 rings (SSSR count). The van der Waals surface area contributed by atoms with Crippen LogP contribution in [0.4, 0.5) is 0 Å². The van der Waals surface area contributed by atoms with Gasteiger partial charge in [-0.1, -0.05) is 0 Å². The molecule has 0 aromatic heterocycles. The molecule has 0 aliphatic rings. The Hall–Kier alpha value is 0.439. The van der Waals surface area contributed by atoms with Gasteiger partial charge in [0.05, 0.1) is 0 Å². The van der Waals surface area contributed by atoms with E-state index in [1.165, 1.54) is 25.7 Å². The maximum atomic E-state index is 6.56. The Kier molecular flexibility index (Phi) is 26.0. The Labute approximate surface area is 228 Å². The van der Waals surface area contributed by atoms with Crippen molar-refractivity contribution in [1.82, 2.24) is 0 Å².